The second kappa shape index (κ2) is 10.2. The molecule has 0 aliphatic carbocycles. The highest BCUT2D eigenvalue weighted by Crippen LogP contribution is 2.31. The summed E-state index contributed by atoms with van der Waals surface area (Å²) in [6.45, 7) is 8.55. The van der Waals surface area contributed by atoms with Gasteiger partial charge in [0.25, 0.3) is 0 Å². The molecule has 1 amide bonds. The fourth-order valence-electron chi connectivity index (χ4n) is 3.83. The van der Waals surface area contributed by atoms with Crippen molar-refractivity contribution in [3.05, 3.63) is 54.6 Å². The average molecular weight is 452 g/mol. The molecule has 3 aromatic rings. The number of carbonyl (C=O) groups is 1. The Morgan fingerprint density at radius 2 is 1.72 bits per heavy atom. The topological polar surface area (TPSA) is 63.5 Å². The Bertz CT molecular complexity index is 1030. The van der Waals surface area contributed by atoms with Crippen LogP contribution in [0.1, 0.15) is 13.8 Å². The molecule has 0 bridgehead atoms. The SMILES string of the molecule is CCN1CCN(C(=O)C(C)Sc2nnc(-c3ccccc3)n2-c2ccc(OC)cc2)CC1. The van der Waals surface area contributed by atoms with Gasteiger partial charge in [-0.2, -0.15) is 0 Å². The van der Waals surface area contributed by atoms with Gasteiger partial charge in [-0.25, -0.2) is 0 Å². The molecule has 1 atom stereocenters. The molecule has 0 saturated carbocycles. The lowest BCUT2D eigenvalue weighted by molar-refractivity contribution is -0.132. The van der Waals surface area contributed by atoms with E-state index >= 15 is 0 Å². The highest BCUT2D eigenvalue weighted by atomic mass is 32.2. The van der Waals surface area contributed by atoms with Crippen LogP contribution in [0.4, 0.5) is 0 Å². The second-order valence-electron chi connectivity index (χ2n) is 7.73. The van der Waals surface area contributed by atoms with Crippen LogP contribution in [-0.4, -0.2) is 75.6 Å². The third-order valence-corrected chi connectivity index (χ3v) is 6.79. The van der Waals surface area contributed by atoms with Crippen molar-refractivity contribution in [2.24, 2.45) is 0 Å². The maximum absolute atomic E-state index is 13.1. The van der Waals surface area contributed by atoms with E-state index in [0.29, 0.717) is 5.16 Å². The van der Waals surface area contributed by atoms with E-state index in [0.717, 1.165) is 55.5 Å². The van der Waals surface area contributed by atoms with Crippen molar-refractivity contribution in [1.82, 2.24) is 24.6 Å². The van der Waals surface area contributed by atoms with Crippen LogP contribution in [0.3, 0.4) is 0 Å². The highest BCUT2D eigenvalue weighted by molar-refractivity contribution is 8.00. The molecule has 8 heteroatoms. The molecule has 1 aliphatic heterocycles. The lowest BCUT2D eigenvalue weighted by Crippen LogP contribution is -2.50. The third kappa shape index (κ3) is 4.81. The van der Waals surface area contributed by atoms with Gasteiger partial charge in [0.05, 0.1) is 12.4 Å². The van der Waals surface area contributed by atoms with E-state index in [-0.39, 0.29) is 11.2 Å². The first-order chi connectivity index (χ1) is 15.6. The van der Waals surface area contributed by atoms with Crippen LogP contribution in [0.5, 0.6) is 5.75 Å². The van der Waals surface area contributed by atoms with E-state index in [2.05, 4.69) is 22.0 Å². The Hall–Kier alpha value is -2.84. The minimum absolute atomic E-state index is 0.149. The van der Waals surface area contributed by atoms with Crippen LogP contribution >= 0.6 is 11.8 Å². The van der Waals surface area contributed by atoms with Gasteiger partial charge in [0.2, 0.25) is 5.91 Å². The van der Waals surface area contributed by atoms with Crippen molar-refractivity contribution in [2.75, 3.05) is 39.8 Å². The van der Waals surface area contributed by atoms with Gasteiger partial charge in [0, 0.05) is 37.4 Å². The maximum Gasteiger partial charge on any atom is 0.235 e. The zero-order valence-electron chi connectivity index (χ0n) is 18.8. The number of rotatable bonds is 7. The van der Waals surface area contributed by atoms with Crippen LogP contribution in [0.2, 0.25) is 0 Å². The minimum Gasteiger partial charge on any atom is -0.497 e. The number of methoxy groups -OCH3 is 1. The predicted octanol–water partition coefficient (Wildman–Crippen LogP) is 3.59. The average Bonchev–Trinajstić information content (AvgIpc) is 3.27. The van der Waals surface area contributed by atoms with Crippen LogP contribution in [0.25, 0.3) is 17.1 Å². The number of nitrogens with zero attached hydrogens (tertiary/aromatic N) is 5. The molecule has 2 aromatic carbocycles. The number of piperazine rings is 1. The Balaban J connectivity index is 1.60. The fraction of sp³-hybridized carbons (Fsp3) is 0.375. The lowest BCUT2D eigenvalue weighted by Gasteiger charge is -2.35. The number of hydrogen-bond acceptors (Lipinski definition) is 6. The van der Waals surface area contributed by atoms with Crippen molar-refractivity contribution in [2.45, 2.75) is 24.3 Å². The Kier molecular flexibility index (Phi) is 7.12. The summed E-state index contributed by atoms with van der Waals surface area (Å²) in [7, 11) is 1.65. The van der Waals surface area contributed by atoms with E-state index in [4.69, 9.17) is 4.74 Å². The first kappa shape index (κ1) is 22.4. The Labute approximate surface area is 193 Å². The van der Waals surface area contributed by atoms with Crippen molar-refractivity contribution >= 4 is 17.7 Å². The minimum atomic E-state index is -0.256. The van der Waals surface area contributed by atoms with Gasteiger partial charge in [0.15, 0.2) is 11.0 Å². The van der Waals surface area contributed by atoms with Crippen LogP contribution < -0.4 is 4.74 Å². The summed E-state index contributed by atoms with van der Waals surface area (Å²) >= 11 is 1.45. The molecule has 1 aliphatic rings. The zero-order chi connectivity index (χ0) is 22.5. The molecule has 1 saturated heterocycles. The number of aromatic nitrogens is 3. The maximum atomic E-state index is 13.1. The van der Waals surface area contributed by atoms with E-state index in [1.54, 1.807) is 7.11 Å². The van der Waals surface area contributed by atoms with E-state index in [1.807, 2.05) is 71.0 Å². The molecule has 0 spiro atoms. The smallest absolute Gasteiger partial charge is 0.235 e. The quantitative estimate of drug-likeness (QED) is 0.512. The van der Waals surface area contributed by atoms with Crippen molar-refractivity contribution in [1.29, 1.82) is 0 Å². The first-order valence-corrected chi connectivity index (χ1v) is 11.8. The summed E-state index contributed by atoms with van der Waals surface area (Å²) in [4.78, 5) is 17.5. The standard InChI is InChI=1S/C24H29N5O2S/c1-4-27-14-16-28(17-15-27)23(30)18(2)32-24-26-25-22(19-8-6-5-7-9-19)29(24)20-10-12-21(31-3)13-11-20/h5-13,18H,4,14-17H2,1-3H3. The number of amides is 1. The normalized spacial score (nSPS) is 15.5. The molecular weight excluding hydrogens is 422 g/mol. The summed E-state index contributed by atoms with van der Waals surface area (Å²) < 4.78 is 7.32. The van der Waals surface area contributed by atoms with Crippen molar-refractivity contribution in [3.8, 4) is 22.8 Å². The van der Waals surface area contributed by atoms with Gasteiger partial charge in [-0.1, -0.05) is 49.0 Å². The van der Waals surface area contributed by atoms with Gasteiger partial charge in [0.1, 0.15) is 5.75 Å². The molecular formula is C24H29N5O2S. The first-order valence-electron chi connectivity index (χ1n) is 10.9. The molecule has 4 rings (SSSR count). The molecule has 1 fully saturated rings. The number of carbonyl (C=O) groups excluding carboxylic acids is 1. The van der Waals surface area contributed by atoms with E-state index < -0.39 is 0 Å². The summed E-state index contributed by atoms with van der Waals surface area (Å²) in [6, 6.07) is 17.8. The molecule has 7 nitrogen and oxygen atoms in total. The monoisotopic (exact) mass is 451 g/mol. The van der Waals surface area contributed by atoms with E-state index in [1.165, 1.54) is 11.8 Å². The summed E-state index contributed by atoms with van der Waals surface area (Å²) in [5.74, 6) is 1.68. The van der Waals surface area contributed by atoms with Gasteiger partial charge in [-0.15, -0.1) is 10.2 Å². The number of likely N-dealkylation sites (N-methyl/N-ethyl adjacent to an activating group) is 1. The molecule has 0 radical (unpaired) electrons. The Morgan fingerprint density at radius 3 is 2.34 bits per heavy atom. The van der Waals surface area contributed by atoms with Gasteiger partial charge >= 0.3 is 0 Å². The van der Waals surface area contributed by atoms with Crippen LogP contribution in [-0.2, 0) is 4.79 Å². The van der Waals surface area contributed by atoms with Gasteiger partial charge in [-0.05, 0) is 37.7 Å². The molecule has 0 N–H and O–H groups in total. The summed E-state index contributed by atoms with van der Waals surface area (Å²) in [5.41, 5.74) is 1.89. The largest absolute Gasteiger partial charge is 0.497 e. The molecule has 32 heavy (non-hydrogen) atoms. The summed E-state index contributed by atoms with van der Waals surface area (Å²) in [6.07, 6.45) is 0. The Morgan fingerprint density at radius 1 is 1.03 bits per heavy atom. The predicted molar refractivity (Wildman–Crippen MR) is 127 cm³/mol. The zero-order valence-corrected chi connectivity index (χ0v) is 19.6. The molecule has 1 unspecified atom stereocenters. The lowest BCUT2D eigenvalue weighted by atomic mass is 10.2. The van der Waals surface area contributed by atoms with Gasteiger partial charge in [-0.3, -0.25) is 9.36 Å². The summed E-state index contributed by atoms with van der Waals surface area (Å²) in [5, 5.41) is 9.39. The highest BCUT2D eigenvalue weighted by Gasteiger charge is 2.27. The van der Waals surface area contributed by atoms with Crippen LogP contribution in [0.15, 0.2) is 59.8 Å². The number of ether oxygens (including phenoxy) is 1. The number of thioether (sulfide) groups is 1. The third-order valence-electron chi connectivity index (χ3n) is 5.76. The molecule has 168 valence electrons. The number of benzene rings is 2. The molecule has 1 aromatic heterocycles. The van der Waals surface area contributed by atoms with Gasteiger partial charge < -0.3 is 14.5 Å². The second-order valence-corrected chi connectivity index (χ2v) is 9.03. The van der Waals surface area contributed by atoms with Crippen molar-refractivity contribution in [3.63, 3.8) is 0 Å². The number of hydrogen-bond donors (Lipinski definition) is 0. The van der Waals surface area contributed by atoms with Crippen molar-refractivity contribution < 1.29 is 9.53 Å². The van der Waals surface area contributed by atoms with Crippen LogP contribution in [0, 0.1) is 0 Å². The fourth-order valence-corrected chi connectivity index (χ4v) is 4.79. The molecule has 2 heterocycles. The van der Waals surface area contributed by atoms with E-state index in [9.17, 15) is 4.79 Å².